The quantitative estimate of drug-likeness (QED) is 0.0622. The standard InChI is InChI=1S/C38H54Br2N2S4/c1-3-5-7-9-11-13-15-17-19-21-23-29-35(45-37(41-29)31-25-27-33(39)43-31)36-30(42-38(46-36)32-26-28-34(40)44-32)24-22-20-18-16-14-12-10-8-6-4-2/h25-28H,3-24H2,1-2H3. The van der Waals surface area contributed by atoms with Crippen LogP contribution in [0.25, 0.3) is 29.5 Å². The van der Waals surface area contributed by atoms with Gasteiger partial charge in [-0.15, -0.1) is 45.3 Å². The molecule has 0 bridgehead atoms. The summed E-state index contributed by atoms with van der Waals surface area (Å²) in [6, 6.07) is 8.74. The third-order valence-electron chi connectivity index (χ3n) is 8.70. The molecule has 0 spiro atoms. The van der Waals surface area contributed by atoms with Gasteiger partial charge in [-0.2, -0.15) is 0 Å². The molecule has 0 N–H and O–H groups in total. The van der Waals surface area contributed by atoms with E-state index in [1.165, 1.54) is 167 Å². The second kappa shape index (κ2) is 22.4. The van der Waals surface area contributed by atoms with Crippen LogP contribution < -0.4 is 0 Å². The summed E-state index contributed by atoms with van der Waals surface area (Å²) in [5.74, 6) is 0. The van der Waals surface area contributed by atoms with E-state index in [4.69, 9.17) is 9.97 Å². The summed E-state index contributed by atoms with van der Waals surface area (Å²) in [6.45, 7) is 4.60. The zero-order chi connectivity index (χ0) is 32.4. The van der Waals surface area contributed by atoms with E-state index in [0.29, 0.717) is 0 Å². The Morgan fingerprint density at radius 3 is 1.07 bits per heavy atom. The van der Waals surface area contributed by atoms with Crippen LogP contribution in [0.3, 0.4) is 0 Å². The number of hydrogen-bond donors (Lipinski definition) is 0. The van der Waals surface area contributed by atoms with Crippen LogP contribution in [0.4, 0.5) is 0 Å². The number of hydrogen-bond acceptors (Lipinski definition) is 6. The number of unbranched alkanes of at least 4 members (excludes halogenated alkanes) is 18. The summed E-state index contributed by atoms with van der Waals surface area (Å²) in [5, 5.41) is 2.32. The molecule has 0 aromatic carbocycles. The Balaban J connectivity index is 1.42. The minimum Gasteiger partial charge on any atom is -0.240 e. The number of thiazole rings is 2. The second-order valence-corrected chi connectivity index (χ2v) is 19.6. The van der Waals surface area contributed by atoms with Gasteiger partial charge in [0.05, 0.1) is 38.5 Å². The summed E-state index contributed by atoms with van der Waals surface area (Å²) in [5.41, 5.74) is 2.58. The van der Waals surface area contributed by atoms with E-state index in [1.807, 2.05) is 22.7 Å². The predicted molar refractivity (Wildman–Crippen MR) is 216 cm³/mol. The second-order valence-electron chi connectivity index (χ2n) is 12.7. The Bertz CT molecular complexity index is 1280. The first-order valence-corrected chi connectivity index (χ1v) is 23.0. The highest BCUT2D eigenvalue weighted by Crippen LogP contribution is 2.46. The fourth-order valence-electron chi connectivity index (χ4n) is 6.03. The first-order chi connectivity index (χ1) is 22.6. The molecule has 4 aromatic heterocycles. The molecule has 46 heavy (non-hydrogen) atoms. The van der Waals surface area contributed by atoms with Gasteiger partial charge >= 0.3 is 0 Å². The van der Waals surface area contributed by atoms with Crippen molar-refractivity contribution < 1.29 is 0 Å². The van der Waals surface area contributed by atoms with Crippen molar-refractivity contribution in [2.45, 2.75) is 155 Å². The molecule has 4 aromatic rings. The molecule has 0 radical (unpaired) electrons. The first kappa shape index (κ1) is 38.4. The average molecular weight is 827 g/mol. The van der Waals surface area contributed by atoms with Gasteiger partial charge in [-0.3, -0.25) is 0 Å². The van der Waals surface area contributed by atoms with Gasteiger partial charge in [0.15, 0.2) is 0 Å². The number of aromatic nitrogens is 2. The molecule has 0 fully saturated rings. The van der Waals surface area contributed by atoms with Gasteiger partial charge in [0.25, 0.3) is 0 Å². The van der Waals surface area contributed by atoms with Crippen molar-refractivity contribution in [2.24, 2.45) is 0 Å². The van der Waals surface area contributed by atoms with Gasteiger partial charge in [-0.05, 0) is 81.8 Å². The fourth-order valence-corrected chi connectivity index (χ4v) is 11.3. The van der Waals surface area contributed by atoms with Crippen molar-refractivity contribution in [1.82, 2.24) is 9.97 Å². The van der Waals surface area contributed by atoms with Gasteiger partial charge in [-0.1, -0.05) is 129 Å². The van der Waals surface area contributed by atoms with E-state index in [0.717, 1.165) is 22.9 Å². The molecule has 0 amide bonds. The van der Waals surface area contributed by atoms with E-state index in [1.54, 1.807) is 22.7 Å². The monoisotopic (exact) mass is 824 g/mol. The van der Waals surface area contributed by atoms with Crippen LogP contribution in [-0.2, 0) is 12.8 Å². The van der Waals surface area contributed by atoms with Gasteiger partial charge < -0.3 is 0 Å². The highest BCUT2D eigenvalue weighted by atomic mass is 79.9. The Morgan fingerprint density at radius 1 is 0.435 bits per heavy atom. The summed E-state index contributed by atoms with van der Waals surface area (Å²) in [6.07, 6.45) is 29.3. The zero-order valence-corrected chi connectivity index (χ0v) is 34.6. The maximum Gasteiger partial charge on any atom is 0.134 e. The van der Waals surface area contributed by atoms with Crippen molar-refractivity contribution in [3.8, 4) is 29.5 Å². The molecular formula is C38H54Br2N2S4. The molecule has 4 rings (SSSR count). The van der Waals surface area contributed by atoms with Crippen molar-refractivity contribution in [3.05, 3.63) is 43.2 Å². The summed E-state index contributed by atoms with van der Waals surface area (Å²) in [4.78, 5) is 15.9. The lowest BCUT2D eigenvalue weighted by molar-refractivity contribution is 0.555. The Kier molecular flexibility index (Phi) is 18.7. The first-order valence-electron chi connectivity index (χ1n) is 18.1. The Hall–Kier alpha value is -0.380. The van der Waals surface area contributed by atoms with E-state index in [-0.39, 0.29) is 0 Å². The summed E-state index contributed by atoms with van der Waals surface area (Å²) in [7, 11) is 0. The lowest BCUT2D eigenvalue weighted by Gasteiger charge is -2.05. The maximum atomic E-state index is 5.31. The van der Waals surface area contributed by atoms with Crippen LogP contribution in [0, 0.1) is 0 Å². The molecule has 0 aliphatic heterocycles. The lowest BCUT2D eigenvalue weighted by atomic mass is 10.0. The minimum atomic E-state index is 1.06. The normalized spacial score (nSPS) is 11.7. The van der Waals surface area contributed by atoms with Gasteiger partial charge in [-0.25, -0.2) is 9.97 Å². The van der Waals surface area contributed by atoms with Crippen molar-refractivity contribution >= 4 is 77.2 Å². The third-order valence-corrected chi connectivity index (χ3v) is 14.6. The largest absolute Gasteiger partial charge is 0.240 e. The van der Waals surface area contributed by atoms with Gasteiger partial charge in [0.2, 0.25) is 0 Å². The molecule has 0 saturated heterocycles. The van der Waals surface area contributed by atoms with Crippen LogP contribution in [0.15, 0.2) is 31.8 Å². The van der Waals surface area contributed by atoms with Crippen LogP contribution in [-0.4, -0.2) is 9.97 Å². The Morgan fingerprint density at radius 2 is 0.761 bits per heavy atom. The molecule has 0 unspecified atom stereocenters. The van der Waals surface area contributed by atoms with Crippen LogP contribution >= 0.6 is 77.2 Å². The molecule has 2 nitrogen and oxygen atoms in total. The van der Waals surface area contributed by atoms with E-state index in [2.05, 4.69) is 70.0 Å². The molecule has 4 heterocycles. The fraction of sp³-hybridized carbons (Fsp3) is 0.632. The van der Waals surface area contributed by atoms with Crippen molar-refractivity contribution in [2.75, 3.05) is 0 Å². The number of rotatable bonds is 25. The van der Waals surface area contributed by atoms with Gasteiger partial charge in [0, 0.05) is 0 Å². The lowest BCUT2D eigenvalue weighted by Crippen LogP contribution is -1.93. The summed E-state index contributed by atoms with van der Waals surface area (Å²) >= 11 is 14.7. The Labute approximate surface area is 312 Å². The van der Waals surface area contributed by atoms with Crippen LogP contribution in [0.1, 0.15) is 154 Å². The van der Waals surface area contributed by atoms with Gasteiger partial charge in [0.1, 0.15) is 10.0 Å². The predicted octanol–water partition coefficient (Wildman–Crippen LogP) is 16.2. The number of aryl methyl sites for hydroxylation is 2. The van der Waals surface area contributed by atoms with Crippen molar-refractivity contribution in [3.63, 3.8) is 0 Å². The molecule has 0 aliphatic rings. The molecule has 0 atom stereocenters. The molecule has 8 heteroatoms. The maximum absolute atomic E-state index is 5.31. The average Bonchev–Trinajstić information content (AvgIpc) is 3.86. The van der Waals surface area contributed by atoms with E-state index < -0.39 is 0 Å². The molecular weight excluding hydrogens is 773 g/mol. The zero-order valence-electron chi connectivity index (χ0n) is 28.1. The molecule has 0 aliphatic carbocycles. The van der Waals surface area contributed by atoms with Crippen molar-refractivity contribution in [1.29, 1.82) is 0 Å². The number of halogens is 2. The smallest absolute Gasteiger partial charge is 0.134 e. The number of nitrogens with zero attached hydrogens (tertiary/aromatic N) is 2. The minimum absolute atomic E-state index is 1.06. The SMILES string of the molecule is CCCCCCCCCCCCc1nc(-c2ccc(Br)s2)sc1-c1sc(-c2ccc(Br)s2)nc1CCCCCCCCCCCC. The topological polar surface area (TPSA) is 25.8 Å². The summed E-state index contributed by atoms with van der Waals surface area (Å²) < 4.78 is 2.33. The van der Waals surface area contributed by atoms with E-state index in [9.17, 15) is 0 Å². The molecule has 0 saturated carbocycles. The highest BCUT2D eigenvalue weighted by molar-refractivity contribution is 9.11. The van der Waals surface area contributed by atoms with Crippen LogP contribution in [0.2, 0.25) is 0 Å². The third kappa shape index (κ3) is 13.2. The van der Waals surface area contributed by atoms with E-state index >= 15 is 0 Å². The highest BCUT2D eigenvalue weighted by Gasteiger charge is 2.22. The van der Waals surface area contributed by atoms with Crippen LogP contribution in [0.5, 0.6) is 0 Å². The molecule has 254 valence electrons. The number of thiophene rings is 2.